The Morgan fingerprint density at radius 1 is 1.24 bits per heavy atom. The Kier molecular flexibility index (Phi) is 4.10. The van der Waals surface area contributed by atoms with Crippen LogP contribution in [0.2, 0.25) is 0 Å². The molecule has 3 nitrogen and oxygen atoms in total. The van der Waals surface area contributed by atoms with Gasteiger partial charge < -0.3 is 10.1 Å². The van der Waals surface area contributed by atoms with Crippen LogP contribution in [-0.2, 0) is 9.53 Å². The third-order valence-corrected chi connectivity index (χ3v) is 9.07. The Hall–Kier alpha value is -0.830. The van der Waals surface area contributed by atoms with Gasteiger partial charge in [0.25, 0.3) is 0 Å². The van der Waals surface area contributed by atoms with Crippen molar-refractivity contribution in [3.8, 4) is 0 Å². The molecule has 0 aromatic heterocycles. The molecule has 3 fully saturated rings. The lowest BCUT2D eigenvalue weighted by Gasteiger charge is -2.61. The van der Waals surface area contributed by atoms with Crippen molar-refractivity contribution in [1.29, 1.82) is 0 Å². The van der Waals surface area contributed by atoms with E-state index in [1.54, 1.807) is 6.08 Å². The molecule has 0 aromatic rings. The monoisotopic (exact) mass is 345 g/mol. The Labute approximate surface area is 153 Å². The number of fused-ring (bicyclic) bond motifs is 5. The zero-order valence-electron chi connectivity index (χ0n) is 16.5. The molecule has 0 spiro atoms. The van der Waals surface area contributed by atoms with Gasteiger partial charge in [0.2, 0.25) is 5.91 Å². The standard InChI is InChI=1S/C22H35NO2/c1-13-12-18-22(4,11-9-19(24)23-18)17-8-10-21(3)15(14(2)25-5)6-7-16(21)20(13)17/h9,11,13-18,20H,6-8,10,12H2,1-5H3,(H,23,24)/t13?,14-,15?,16?,17?,18-,20?,21-,22-/m1/s1. The molecule has 140 valence electrons. The number of carbonyl (C=O) groups excluding carboxylic acids is 1. The zero-order valence-corrected chi connectivity index (χ0v) is 16.5. The number of hydrogen-bond donors (Lipinski definition) is 1. The maximum absolute atomic E-state index is 11.9. The topological polar surface area (TPSA) is 38.3 Å². The van der Waals surface area contributed by atoms with Crippen LogP contribution in [-0.4, -0.2) is 25.2 Å². The zero-order chi connectivity index (χ0) is 18.0. The maximum atomic E-state index is 11.9. The van der Waals surface area contributed by atoms with Crippen molar-refractivity contribution in [3.63, 3.8) is 0 Å². The van der Waals surface area contributed by atoms with E-state index in [1.165, 1.54) is 25.7 Å². The molecule has 9 atom stereocenters. The predicted octanol–water partition coefficient (Wildman–Crippen LogP) is 4.18. The van der Waals surface area contributed by atoms with Crippen LogP contribution in [0.15, 0.2) is 12.2 Å². The van der Waals surface area contributed by atoms with Gasteiger partial charge in [-0.05, 0) is 80.1 Å². The minimum atomic E-state index is 0.101. The Morgan fingerprint density at radius 3 is 2.72 bits per heavy atom. The summed E-state index contributed by atoms with van der Waals surface area (Å²) in [6.07, 6.45) is 10.8. The Morgan fingerprint density at radius 2 is 2.00 bits per heavy atom. The minimum absolute atomic E-state index is 0.101. The molecule has 1 amide bonds. The van der Waals surface area contributed by atoms with Crippen molar-refractivity contribution in [2.45, 2.75) is 71.9 Å². The van der Waals surface area contributed by atoms with Crippen molar-refractivity contribution in [2.24, 2.45) is 40.4 Å². The summed E-state index contributed by atoms with van der Waals surface area (Å²) in [6, 6.07) is 0.320. The van der Waals surface area contributed by atoms with Gasteiger partial charge >= 0.3 is 0 Å². The second-order valence-electron chi connectivity index (χ2n) is 9.93. The van der Waals surface area contributed by atoms with Gasteiger partial charge in [0.05, 0.1) is 6.10 Å². The fraction of sp³-hybridized carbons (Fsp3) is 0.864. The molecule has 5 unspecified atom stereocenters. The van der Waals surface area contributed by atoms with E-state index in [2.05, 4.69) is 39.1 Å². The molecule has 0 saturated heterocycles. The highest BCUT2D eigenvalue weighted by molar-refractivity contribution is 5.89. The number of hydrogen-bond acceptors (Lipinski definition) is 2. The van der Waals surface area contributed by atoms with Gasteiger partial charge in [-0.2, -0.15) is 0 Å². The lowest BCUT2D eigenvalue weighted by molar-refractivity contribution is -0.128. The molecule has 25 heavy (non-hydrogen) atoms. The largest absolute Gasteiger partial charge is 0.381 e. The van der Waals surface area contributed by atoms with Crippen LogP contribution in [0.1, 0.15) is 59.8 Å². The van der Waals surface area contributed by atoms with E-state index in [0.717, 1.165) is 18.3 Å². The second-order valence-corrected chi connectivity index (χ2v) is 9.93. The number of rotatable bonds is 2. The molecular formula is C22H35NO2. The van der Waals surface area contributed by atoms with Crippen LogP contribution in [0.25, 0.3) is 0 Å². The molecule has 1 aliphatic heterocycles. The molecule has 0 aromatic carbocycles. The number of ether oxygens (including phenoxy) is 1. The lowest BCUT2D eigenvalue weighted by atomic mass is 9.45. The number of methoxy groups -OCH3 is 1. The highest BCUT2D eigenvalue weighted by Gasteiger charge is 2.61. The van der Waals surface area contributed by atoms with Gasteiger partial charge in [0.15, 0.2) is 0 Å². The third-order valence-electron chi connectivity index (χ3n) is 9.07. The van der Waals surface area contributed by atoms with Gasteiger partial charge in [0.1, 0.15) is 0 Å². The van der Waals surface area contributed by atoms with E-state index >= 15 is 0 Å². The number of amides is 1. The average Bonchev–Trinajstić information content (AvgIpc) is 2.93. The molecule has 3 saturated carbocycles. The Bertz CT molecular complexity index is 587. The highest BCUT2D eigenvalue weighted by atomic mass is 16.5. The summed E-state index contributed by atoms with van der Waals surface area (Å²) in [4.78, 5) is 11.9. The summed E-state index contributed by atoms with van der Waals surface area (Å²) in [7, 11) is 1.87. The first kappa shape index (κ1) is 17.6. The van der Waals surface area contributed by atoms with E-state index in [0.29, 0.717) is 35.3 Å². The first-order chi connectivity index (χ1) is 11.8. The minimum Gasteiger partial charge on any atom is -0.381 e. The van der Waals surface area contributed by atoms with Crippen LogP contribution >= 0.6 is 0 Å². The summed E-state index contributed by atoms with van der Waals surface area (Å²) in [5.74, 6) is 3.79. The molecular weight excluding hydrogens is 310 g/mol. The molecule has 1 heterocycles. The average molecular weight is 346 g/mol. The van der Waals surface area contributed by atoms with E-state index in [9.17, 15) is 4.79 Å². The van der Waals surface area contributed by atoms with Gasteiger partial charge in [-0.15, -0.1) is 0 Å². The summed E-state index contributed by atoms with van der Waals surface area (Å²) < 4.78 is 5.77. The van der Waals surface area contributed by atoms with Crippen molar-refractivity contribution >= 4 is 5.91 Å². The summed E-state index contributed by atoms with van der Waals surface area (Å²) in [5, 5.41) is 3.28. The van der Waals surface area contributed by atoms with E-state index < -0.39 is 0 Å². The third kappa shape index (κ3) is 2.37. The quantitative estimate of drug-likeness (QED) is 0.815. The summed E-state index contributed by atoms with van der Waals surface area (Å²) in [6.45, 7) is 9.68. The van der Waals surface area contributed by atoms with Crippen LogP contribution < -0.4 is 5.32 Å². The first-order valence-corrected chi connectivity index (χ1v) is 10.3. The molecule has 3 aliphatic carbocycles. The SMILES string of the molecule is CO[C@H](C)C1CCC2C3C(C)C[C@H]4NC(=O)C=C[C@]4(C)C3CC[C@@]21C. The fourth-order valence-corrected chi connectivity index (χ4v) is 7.66. The van der Waals surface area contributed by atoms with Crippen LogP contribution in [0.3, 0.4) is 0 Å². The Balaban J connectivity index is 1.68. The highest BCUT2D eigenvalue weighted by Crippen LogP contribution is 2.66. The van der Waals surface area contributed by atoms with Gasteiger partial charge in [-0.3, -0.25) is 4.79 Å². The number of carbonyl (C=O) groups is 1. The molecule has 3 heteroatoms. The molecule has 0 radical (unpaired) electrons. The van der Waals surface area contributed by atoms with Crippen molar-refractivity contribution in [3.05, 3.63) is 12.2 Å². The smallest absolute Gasteiger partial charge is 0.243 e. The van der Waals surface area contributed by atoms with E-state index in [1.807, 2.05) is 7.11 Å². The van der Waals surface area contributed by atoms with Gasteiger partial charge in [-0.1, -0.05) is 26.8 Å². The predicted molar refractivity (Wildman–Crippen MR) is 100.0 cm³/mol. The summed E-state index contributed by atoms with van der Waals surface area (Å²) in [5.41, 5.74) is 0.563. The van der Waals surface area contributed by atoms with Crippen LogP contribution in [0, 0.1) is 40.4 Å². The molecule has 4 aliphatic rings. The summed E-state index contributed by atoms with van der Waals surface area (Å²) >= 11 is 0. The molecule has 0 bridgehead atoms. The van der Waals surface area contributed by atoms with Crippen LogP contribution in [0.5, 0.6) is 0 Å². The first-order valence-electron chi connectivity index (χ1n) is 10.3. The lowest BCUT2D eigenvalue weighted by Crippen LogP contribution is -2.61. The fourth-order valence-electron chi connectivity index (χ4n) is 7.66. The van der Waals surface area contributed by atoms with Gasteiger partial charge in [0, 0.05) is 18.6 Å². The second kappa shape index (κ2) is 5.84. The maximum Gasteiger partial charge on any atom is 0.243 e. The van der Waals surface area contributed by atoms with Crippen molar-refractivity contribution in [1.82, 2.24) is 5.32 Å². The van der Waals surface area contributed by atoms with Crippen LogP contribution in [0.4, 0.5) is 0 Å². The molecule has 1 N–H and O–H groups in total. The molecule has 4 rings (SSSR count). The normalized spacial score (nSPS) is 52.8. The van der Waals surface area contributed by atoms with E-state index in [4.69, 9.17) is 4.74 Å². The van der Waals surface area contributed by atoms with E-state index in [-0.39, 0.29) is 11.3 Å². The van der Waals surface area contributed by atoms with Crippen molar-refractivity contribution in [2.75, 3.05) is 7.11 Å². The van der Waals surface area contributed by atoms with Crippen molar-refractivity contribution < 1.29 is 9.53 Å². The van der Waals surface area contributed by atoms with Gasteiger partial charge in [-0.25, -0.2) is 0 Å². The number of nitrogens with one attached hydrogen (secondary N) is 1.